The van der Waals surface area contributed by atoms with Gasteiger partial charge in [-0.3, -0.25) is 5.32 Å². The van der Waals surface area contributed by atoms with Crippen LogP contribution in [-0.2, 0) is 9.47 Å². The van der Waals surface area contributed by atoms with Crippen LogP contribution in [0.25, 0.3) is 0 Å². The predicted octanol–water partition coefficient (Wildman–Crippen LogP) is 3.66. The topological polar surface area (TPSA) is 60.0 Å². The fourth-order valence-electron chi connectivity index (χ4n) is 2.83. The maximum atomic E-state index is 12.0. The largest absolute Gasteiger partial charge is 0.492 e. The predicted molar refractivity (Wildman–Crippen MR) is 95.1 cm³/mol. The van der Waals surface area contributed by atoms with Crippen LogP contribution >= 0.6 is 0 Å². The molecule has 0 radical (unpaired) electrons. The zero-order valence-corrected chi connectivity index (χ0v) is 15.2. The van der Waals surface area contributed by atoms with Crippen molar-refractivity contribution in [2.24, 2.45) is 0 Å². The summed E-state index contributed by atoms with van der Waals surface area (Å²) in [5.41, 5.74) is 1.04. The fourth-order valence-corrected chi connectivity index (χ4v) is 2.83. The number of carbonyl (C=O) groups is 1. The normalized spacial score (nSPS) is 16.0. The second-order valence-electron chi connectivity index (χ2n) is 6.91. The number of rotatable bonds is 4. The first-order valence-corrected chi connectivity index (χ1v) is 8.29. The van der Waals surface area contributed by atoms with Crippen molar-refractivity contribution in [2.75, 3.05) is 37.5 Å². The molecule has 24 heavy (non-hydrogen) atoms. The zero-order chi connectivity index (χ0) is 17.7. The Kier molecular flexibility index (Phi) is 5.94. The Hall–Kier alpha value is -1.95. The molecular formula is C18H28N2O4. The van der Waals surface area contributed by atoms with Gasteiger partial charge in [-0.2, -0.15) is 0 Å². The summed E-state index contributed by atoms with van der Waals surface area (Å²) in [6.45, 7) is 7.29. The minimum absolute atomic E-state index is 0.315. The third-order valence-corrected chi connectivity index (χ3v) is 3.95. The van der Waals surface area contributed by atoms with Gasteiger partial charge in [-0.05, 0) is 45.7 Å². The highest BCUT2D eigenvalue weighted by Gasteiger charge is 2.23. The number of amides is 1. The van der Waals surface area contributed by atoms with E-state index in [4.69, 9.17) is 14.2 Å². The number of para-hydroxylation sites is 1. The summed E-state index contributed by atoms with van der Waals surface area (Å²) in [5, 5.41) is 2.78. The third kappa shape index (κ3) is 4.77. The molecule has 1 aliphatic heterocycles. The van der Waals surface area contributed by atoms with E-state index in [9.17, 15) is 4.79 Å². The van der Waals surface area contributed by atoms with Gasteiger partial charge in [0.15, 0.2) is 5.75 Å². The van der Waals surface area contributed by atoms with Crippen LogP contribution in [0.1, 0.15) is 33.6 Å². The third-order valence-electron chi connectivity index (χ3n) is 3.95. The van der Waals surface area contributed by atoms with Gasteiger partial charge >= 0.3 is 6.09 Å². The molecule has 1 N–H and O–H groups in total. The lowest BCUT2D eigenvalue weighted by Gasteiger charge is -2.34. The van der Waals surface area contributed by atoms with E-state index in [-0.39, 0.29) is 0 Å². The van der Waals surface area contributed by atoms with Crippen molar-refractivity contribution < 1.29 is 19.0 Å². The molecule has 2 rings (SSSR count). The molecule has 1 heterocycles. The van der Waals surface area contributed by atoms with Gasteiger partial charge in [-0.15, -0.1) is 0 Å². The highest BCUT2D eigenvalue weighted by Crippen LogP contribution is 2.37. The molecule has 1 fully saturated rings. The van der Waals surface area contributed by atoms with Gasteiger partial charge in [0.2, 0.25) is 0 Å². The van der Waals surface area contributed by atoms with Gasteiger partial charge in [-0.1, -0.05) is 6.07 Å². The number of nitrogens with one attached hydrogen (secondary N) is 1. The van der Waals surface area contributed by atoms with E-state index in [2.05, 4.69) is 10.2 Å². The molecule has 6 heteroatoms. The molecule has 0 bridgehead atoms. The molecule has 1 aromatic carbocycles. The number of hydrogen-bond donors (Lipinski definition) is 1. The van der Waals surface area contributed by atoms with Crippen LogP contribution < -0.4 is 15.0 Å². The number of ether oxygens (including phenoxy) is 3. The van der Waals surface area contributed by atoms with Crippen LogP contribution in [0, 0.1) is 0 Å². The standard InChI is InChI=1S/C18H28N2O4/c1-18(2,3)24-17(21)19-14-7-6-8-15(16(14)23-5)20-11-9-13(22-4)10-12-20/h6-8,13H,9-12H2,1-5H3,(H,19,21). The smallest absolute Gasteiger partial charge is 0.412 e. The number of hydrogen-bond acceptors (Lipinski definition) is 5. The summed E-state index contributed by atoms with van der Waals surface area (Å²) in [6.07, 6.45) is 1.78. The summed E-state index contributed by atoms with van der Waals surface area (Å²) in [4.78, 5) is 14.3. The van der Waals surface area contributed by atoms with Crippen LogP contribution in [0.2, 0.25) is 0 Å². The van der Waals surface area contributed by atoms with E-state index in [1.54, 1.807) is 14.2 Å². The van der Waals surface area contributed by atoms with Crippen molar-refractivity contribution in [1.29, 1.82) is 0 Å². The maximum absolute atomic E-state index is 12.0. The first-order valence-electron chi connectivity index (χ1n) is 8.29. The van der Waals surface area contributed by atoms with Crippen molar-refractivity contribution in [3.05, 3.63) is 18.2 Å². The lowest BCUT2D eigenvalue weighted by atomic mass is 10.1. The van der Waals surface area contributed by atoms with Crippen molar-refractivity contribution in [3.63, 3.8) is 0 Å². The molecule has 1 aliphatic rings. The maximum Gasteiger partial charge on any atom is 0.412 e. The second kappa shape index (κ2) is 7.75. The highest BCUT2D eigenvalue weighted by molar-refractivity contribution is 5.89. The van der Waals surface area contributed by atoms with E-state index in [1.165, 1.54) is 0 Å². The molecule has 0 unspecified atom stereocenters. The summed E-state index contributed by atoms with van der Waals surface area (Å²) < 4.78 is 16.3. The number of nitrogens with zero attached hydrogens (tertiary/aromatic N) is 1. The van der Waals surface area contributed by atoms with Gasteiger partial charge in [-0.25, -0.2) is 4.79 Å². The fraction of sp³-hybridized carbons (Fsp3) is 0.611. The van der Waals surface area contributed by atoms with Crippen LogP contribution in [0.4, 0.5) is 16.2 Å². The first-order chi connectivity index (χ1) is 11.3. The molecule has 0 aliphatic carbocycles. The summed E-state index contributed by atoms with van der Waals surface area (Å²) in [5.74, 6) is 0.652. The molecule has 0 saturated carbocycles. The monoisotopic (exact) mass is 336 g/mol. The van der Waals surface area contributed by atoms with Crippen LogP contribution in [0.3, 0.4) is 0 Å². The Balaban J connectivity index is 2.15. The number of methoxy groups -OCH3 is 2. The van der Waals surface area contributed by atoms with Gasteiger partial charge in [0.25, 0.3) is 0 Å². The molecule has 134 valence electrons. The zero-order valence-electron chi connectivity index (χ0n) is 15.2. The van der Waals surface area contributed by atoms with Crippen LogP contribution in [0.5, 0.6) is 5.75 Å². The SMILES string of the molecule is COc1c(NC(=O)OC(C)(C)C)cccc1N1CCC(OC)CC1. The number of piperidine rings is 1. The molecule has 1 aromatic rings. The quantitative estimate of drug-likeness (QED) is 0.909. The van der Waals surface area contributed by atoms with Crippen molar-refractivity contribution in [3.8, 4) is 5.75 Å². The van der Waals surface area contributed by atoms with E-state index >= 15 is 0 Å². The van der Waals surface area contributed by atoms with Gasteiger partial charge in [0.05, 0.1) is 24.6 Å². The summed E-state index contributed by atoms with van der Waals surface area (Å²) in [7, 11) is 3.37. The van der Waals surface area contributed by atoms with Gasteiger partial charge in [0.1, 0.15) is 5.60 Å². The van der Waals surface area contributed by atoms with Gasteiger partial charge < -0.3 is 19.1 Å². The summed E-state index contributed by atoms with van der Waals surface area (Å²) in [6, 6.07) is 5.73. The molecule has 1 amide bonds. The minimum atomic E-state index is -0.545. The molecular weight excluding hydrogens is 308 g/mol. The average Bonchev–Trinajstić information content (AvgIpc) is 2.53. The molecule has 0 aromatic heterocycles. The number of anilines is 2. The van der Waals surface area contributed by atoms with E-state index in [0.29, 0.717) is 17.5 Å². The van der Waals surface area contributed by atoms with Gasteiger partial charge in [0, 0.05) is 20.2 Å². The molecule has 6 nitrogen and oxygen atoms in total. The number of benzene rings is 1. The van der Waals surface area contributed by atoms with Crippen molar-refractivity contribution in [2.45, 2.75) is 45.3 Å². The Labute approximate surface area is 144 Å². The van der Waals surface area contributed by atoms with Crippen molar-refractivity contribution in [1.82, 2.24) is 0 Å². The van der Waals surface area contributed by atoms with E-state index in [0.717, 1.165) is 31.6 Å². The first kappa shape index (κ1) is 18.4. The van der Waals surface area contributed by atoms with E-state index in [1.807, 2.05) is 39.0 Å². The molecule has 1 saturated heterocycles. The highest BCUT2D eigenvalue weighted by atomic mass is 16.6. The molecule has 0 atom stereocenters. The van der Waals surface area contributed by atoms with E-state index < -0.39 is 11.7 Å². The number of carbonyl (C=O) groups excluding carboxylic acids is 1. The minimum Gasteiger partial charge on any atom is -0.492 e. The lowest BCUT2D eigenvalue weighted by Crippen LogP contribution is -2.36. The van der Waals surface area contributed by atoms with Crippen molar-refractivity contribution >= 4 is 17.5 Å². The Morgan fingerprint density at radius 3 is 2.42 bits per heavy atom. The molecule has 0 spiro atoms. The second-order valence-corrected chi connectivity index (χ2v) is 6.91. The van der Waals surface area contributed by atoms with Crippen LogP contribution in [-0.4, -0.2) is 45.1 Å². The lowest BCUT2D eigenvalue weighted by molar-refractivity contribution is 0.0635. The average molecular weight is 336 g/mol. The summed E-state index contributed by atoms with van der Waals surface area (Å²) >= 11 is 0. The Morgan fingerprint density at radius 1 is 1.21 bits per heavy atom. The Bertz CT molecular complexity index is 561. The van der Waals surface area contributed by atoms with Crippen LogP contribution in [0.15, 0.2) is 18.2 Å². The Morgan fingerprint density at radius 2 is 1.88 bits per heavy atom.